The number of nitrogens with one attached hydrogen (secondary N) is 3. The second-order valence-corrected chi connectivity index (χ2v) is 6.07. The predicted molar refractivity (Wildman–Crippen MR) is 104 cm³/mol. The van der Waals surface area contributed by atoms with E-state index in [9.17, 15) is 9.59 Å². The Bertz CT molecular complexity index is 808. The maximum Gasteiger partial charge on any atom is 0.319 e. The number of methoxy groups -OCH3 is 2. The number of carbonyl (C=O) groups is 2. The van der Waals surface area contributed by atoms with E-state index in [1.54, 1.807) is 32.4 Å². The summed E-state index contributed by atoms with van der Waals surface area (Å²) < 4.78 is 10.5. The van der Waals surface area contributed by atoms with Crippen LogP contribution in [-0.4, -0.2) is 32.7 Å². The van der Waals surface area contributed by atoms with Crippen LogP contribution in [0.1, 0.15) is 24.1 Å². The molecule has 0 saturated carbocycles. The van der Waals surface area contributed by atoms with Gasteiger partial charge < -0.3 is 25.4 Å². The number of ether oxygens (including phenoxy) is 2. The van der Waals surface area contributed by atoms with Crippen LogP contribution < -0.4 is 25.4 Å². The van der Waals surface area contributed by atoms with Gasteiger partial charge in [-0.25, -0.2) is 4.79 Å². The minimum atomic E-state index is -0.439. The molecule has 7 nitrogen and oxygen atoms in total. The Morgan fingerprint density at radius 1 is 1.07 bits per heavy atom. The first-order chi connectivity index (χ1) is 12.9. The summed E-state index contributed by atoms with van der Waals surface area (Å²) in [7, 11) is 3.14. The molecule has 27 heavy (non-hydrogen) atoms. The van der Waals surface area contributed by atoms with Gasteiger partial charge in [0.15, 0.2) is 0 Å². The standard InChI is InChI=1S/C20H25N3O4/c1-13-6-5-7-15(10-13)23-20(25)21-12-19(24)22-14(2)17-9-8-16(26-3)11-18(17)27-4/h5-11,14H,12H2,1-4H3,(H,22,24)(H2,21,23,25). The lowest BCUT2D eigenvalue weighted by Gasteiger charge is -2.18. The van der Waals surface area contributed by atoms with Crippen LogP contribution in [0.15, 0.2) is 42.5 Å². The first-order valence-electron chi connectivity index (χ1n) is 8.55. The number of urea groups is 1. The number of rotatable bonds is 7. The molecular weight excluding hydrogens is 346 g/mol. The second-order valence-electron chi connectivity index (χ2n) is 6.07. The molecule has 0 aliphatic carbocycles. The molecule has 0 fully saturated rings. The van der Waals surface area contributed by atoms with Gasteiger partial charge in [-0.05, 0) is 43.7 Å². The fraction of sp³-hybridized carbons (Fsp3) is 0.300. The summed E-state index contributed by atoms with van der Waals surface area (Å²) in [6.07, 6.45) is 0. The fourth-order valence-corrected chi connectivity index (χ4v) is 2.61. The number of aryl methyl sites for hydroxylation is 1. The van der Waals surface area contributed by atoms with E-state index in [2.05, 4.69) is 16.0 Å². The van der Waals surface area contributed by atoms with Gasteiger partial charge in [0.2, 0.25) is 5.91 Å². The van der Waals surface area contributed by atoms with Gasteiger partial charge in [-0.1, -0.05) is 12.1 Å². The molecule has 3 N–H and O–H groups in total. The summed E-state index contributed by atoms with van der Waals surface area (Å²) in [4.78, 5) is 24.1. The van der Waals surface area contributed by atoms with Crippen molar-refractivity contribution in [1.29, 1.82) is 0 Å². The third-order valence-corrected chi connectivity index (χ3v) is 3.97. The Morgan fingerprint density at radius 3 is 2.52 bits per heavy atom. The van der Waals surface area contributed by atoms with Gasteiger partial charge in [-0.2, -0.15) is 0 Å². The summed E-state index contributed by atoms with van der Waals surface area (Å²) >= 11 is 0. The zero-order chi connectivity index (χ0) is 19.8. The SMILES string of the molecule is COc1ccc(C(C)NC(=O)CNC(=O)Nc2cccc(C)c2)c(OC)c1. The highest BCUT2D eigenvalue weighted by atomic mass is 16.5. The molecule has 0 radical (unpaired) electrons. The molecule has 2 rings (SSSR count). The summed E-state index contributed by atoms with van der Waals surface area (Å²) in [5.41, 5.74) is 2.52. The van der Waals surface area contributed by atoms with Crippen LogP contribution in [0.5, 0.6) is 11.5 Å². The monoisotopic (exact) mass is 371 g/mol. The van der Waals surface area contributed by atoms with Crippen molar-refractivity contribution in [3.8, 4) is 11.5 Å². The Labute approximate surface area is 159 Å². The molecule has 2 aromatic carbocycles. The van der Waals surface area contributed by atoms with Crippen molar-refractivity contribution in [2.45, 2.75) is 19.9 Å². The molecule has 0 bridgehead atoms. The van der Waals surface area contributed by atoms with Crippen molar-refractivity contribution in [2.24, 2.45) is 0 Å². The van der Waals surface area contributed by atoms with E-state index in [0.717, 1.165) is 11.1 Å². The normalized spacial score (nSPS) is 11.3. The van der Waals surface area contributed by atoms with Crippen LogP contribution in [0, 0.1) is 6.92 Å². The molecule has 0 spiro atoms. The molecular formula is C20H25N3O4. The average Bonchev–Trinajstić information content (AvgIpc) is 2.65. The Morgan fingerprint density at radius 2 is 1.85 bits per heavy atom. The molecule has 2 aromatic rings. The first kappa shape index (κ1) is 20.1. The van der Waals surface area contributed by atoms with Gasteiger partial charge in [0.05, 0.1) is 26.8 Å². The van der Waals surface area contributed by atoms with Crippen molar-refractivity contribution >= 4 is 17.6 Å². The van der Waals surface area contributed by atoms with Gasteiger partial charge >= 0.3 is 6.03 Å². The maximum atomic E-state index is 12.1. The fourth-order valence-electron chi connectivity index (χ4n) is 2.61. The first-order valence-corrected chi connectivity index (χ1v) is 8.55. The highest BCUT2D eigenvalue weighted by Gasteiger charge is 2.15. The molecule has 0 aliphatic heterocycles. The summed E-state index contributed by atoms with van der Waals surface area (Å²) in [6.45, 7) is 3.64. The number of benzene rings is 2. The molecule has 0 saturated heterocycles. The minimum absolute atomic E-state index is 0.138. The quantitative estimate of drug-likeness (QED) is 0.698. The number of hydrogen-bond acceptors (Lipinski definition) is 4. The Kier molecular flexibility index (Phi) is 7.05. The number of hydrogen-bond donors (Lipinski definition) is 3. The van der Waals surface area contributed by atoms with E-state index >= 15 is 0 Å². The zero-order valence-corrected chi connectivity index (χ0v) is 16.0. The number of amides is 3. The summed E-state index contributed by atoms with van der Waals surface area (Å²) in [6, 6.07) is 12.1. The largest absolute Gasteiger partial charge is 0.497 e. The zero-order valence-electron chi connectivity index (χ0n) is 16.0. The third kappa shape index (κ3) is 5.91. The van der Waals surface area contributed by atoms with Crippen LogP contribution in [-0.2, 0) is 4.79 Å². The summed E-state index contributed by atoms with van der Waals surface area (Å²) in [5, 5.41) is 8.07. The molecule has 0 aliphatic rings. The van der Waals surface area contributed by atoms with Crippen LogP contribution in [0.2, 0.25) is 0 Å². The smallest absolute Gasteiger partial charge is 0.319 e. The summed E-state index contributed by atoms with van der Waals surface area (Å²) in [5.74, 6) is 0.982. The van der Waals surface area contributed by atoms with Gasteiger partial charge in [0.25, 0.3) is 0 Å². The molecule has 0 aromatic heterocycles. The van der Waals surface area contributed by atoms with Gasteiger partial charge in [0.1, 0.15) is 11.5 Å². The van der Waals surface area contributed by atoms with E-state index in [0.29, 0.717) is 17.2 Å². The second kappa shape index (κ2) is 9.47. The third-order valence-electron chi connectivity index (χ3n) is 3.97. The van der Waals surface area contributed by atoms with Crippen LogP contribution in [0.25, 0.3) is 0 Å². The van der Waals surface area contributed by atoms with Crippen molar-refractivity contribution < 1.29 is 19.1 Å². The Hall–Kier alpha value is -3.22. The molecule has 1 atom stereocenters. The van der Waals surface area contributed by atoms with Crippen LogP contribution in [0.3, 0.4) is 0 Å². The number of carbonyl (C=O) groups excluding carboxylic acids is 2. The van der Waals surface area contributed by atoms with Gasteiger partial charge in [-0.15, -0.1) is 0 Å². The highest BCUT2D eigenvalue weighted by Crippen LogP contribution is 2.29. The Balaban J connectivity index is 1.87. The van der Waals surface area contributed by atoms with E-state index < -0.39 is 6.03 Å². The van der Waals surface area contributed by atoms with E-state index in [1.807, 2.05) is 38.1 Å². The topological polar surface area (TPSA) is 88.7 Å². The molecule has 0 heterocycles. The van der Waals surface area contributed by atoms with Crippen molar-refractivity contribution in [3.63, 3.8) is 0 Å². The predicted octanol–water partition coefficient (Wildman–Crippen LogP) is 3.01. The number of anilines is 1. The van der Waals surface area contributed by atoms with Crippen molar-refractivity contribution in [3.05, 3.63) is 53.6 Å². The molecule has 7 heteroatoms. The van der Waals surface area contributed by atoms with Gasteiger partial charge in [-0.3, -0.25) is 4.79 Å². The van der Waals surface area contributed by atoms with E-state index in [1.165, 1.54) is 0 Å². The lowest BCUT2D eigenvalue weighted by Crippen LogP contribution is -2.39. The van der Waals surface area contributed by atoms with Gasteiger partial charge in [0, 0.05) is 17.3 Å². The minimum Gasteiger partial charge on any atom is -0.497 e. The van der Waals surface area contributed by atoms with Crippen LogP contribution in [0.4, 0.5) is 10.5 Å². The van der Waals surface area contributed by atoms with Crippen molar-refractivity contribution in [2.75, 3.05) is 26.1 Å². The van der Waals surface area contributed by atoms with Crippen LogP contribution >= 0.6 is 0 Å². The van der Waals surface area contributed by atoms with E-state index in [4.69, 9.17) is 9.47 Å². The lowest BCUT2D eigenvalue weighted by molar-refractivity contribution is -0.120. The maximum absolute atomic E-state index is 12.1. The molecule has 1 unspecified atom stereocenters. The van der Waals surface area contributed by atoms with Crippen molar-refractivity contribution in [1.82, 2.24) is 10.6 Å². The molecule has 3 amide bonds. The highest BCUT2D eigenvalue weighted by molar-refractivity contribution is 5.92. The average molecular weight is 371 g/mol. The van der Waals surface area contributed by atoms with E-state index in [-0.39, 0.29) is 18.5 Å². The lowest BCUT2D eigenvalue weighted by atomic mass is 10.1. The molecule has 144 valence electrons.